The molecule has 0 amide bonds. The van der Waals surface area contributed by atoms with E-state index in [0.717, 1.165) is 0 Å². The van der Waals surface area contributed by atoms with Crippen molar-refractivity contribution in [2.45, 2.75) is 44.4 Å². The number of hydrogen-bond donors (Lipinski definition) is 1. The zero-order valence-electron chi connectivity index (χ0n) is 8.61. The molecule has 0 aliphatic carbocycles. The lowest BCUT2D eigenvalue weighted by Crippen LogP contribution is -2.56. The molecule has 4 atom stereocenters. The lowest BCUT2D eigenvalue weighted by molar-refractivity contribution is -0.271. The van der Waals surface area contributed by atoms with Crippen LogP contribution in [-0.4, -0.2) is 43.4 Å². The Hall–Kier alpha value is -0.160. The molecule has 0 bridgehead atoms. The molecule has 0 aromatic rings. The average Bonchev–Trinajstić information content (AvgIpc) is 2.13. The van der Waals surface area contributed by atoms with Gasteiger partial charge in [-0.05, 0) is 13.8 Å². The molecule has 78 valence electrons. The minimum absolute atomic E-state index is 0.261. The van der Waals surface area contributed by atoms with E-state index in [2.05, 4.69) is 0 Å². The zero-order chi connectivity index (χ0) is 10.1. The van der Waals surface area contributed by atoms with Crippen LogP contribution in [-0.2, 0) is 14.2 Å². The average molecular weight is 190 g/mol. The van der Waals surface area contributed by atoms with Crippen LogP contribution in [0.3, 0.4) is 0 Å². The highest BCUT2D eigenvalue weighted by Gasteiger charge is 2.44. The summed E-state index contributed by atoms with van der Waals surface area (Å²) >= 11 is 0. The van der Waals surface area contributed by atoms with E-state index in [4.69, 9.17) is 14.2 Å². The summed E-state index contributed by atoms with van der Waals surface area (Å²) in [5.74, 6) is 0. The third-order valence-corrected chi connectivity index (χ3v) is 2.74. The number of ether oxygens (including phenoxy) is 3. The summed E-state index contributed by atoms with van der Waals surface area (Å²) in [5, 5.41) is 9.80. The molecule has 1 rings (SSSR count). The normalized spacial score (nSPS) is 46.4. The molecule has 0 aromatic carbocycles. The summed E-state index contributed by atoms with van der Waals surface area (Å²) < 4.78 is 15.8. The van der Waals surface area contributed by atoms with Crippen LogP contribution in [0.25, 0.3) is 0 Å². The molecule has 0 aromatic heterocycles. The molecule has 1 unspecified atom stereocenters. The fourth-order valence-corrected chi connectivity index (χ4v) is 1.65. The number of aliphatic hydroxyl groups is 1. The molecule has 1 N–H and O–H groups in total. The van der Waals surface area contributed by atoms with Crippen molar-refractivity contribution in [3.63, 3.8) is 0 Å². The third-order valence-electron chi connectivity index (χ3n) is 2.74. The van der Waals surface area contributed by atoms with Crippen molar-refractivity contribution in [1.82, 2.24) is 0 Å². The SMILES string of the molecule is COC1C[C@](C)(OC)[C@@H](O)[C@H](C)O1. The Bertz CT molecular complexity index is 173. The first-order valence-corrected chi connectivity index (χ1v) is 4.45. The maximum atomic E-state index is 9.80. The monoisotopic (exact) mass is 190 g/mol. The van der Waals surface area contributed by atoms with Crippen LogP contribution in [0.1, 0.15) is 20.3 Å². The topological polar surface area (TPSA) is 47.9 Å². The minimum Gasteiger partial charge on any atom is -0.387 e. The highest BCUT2D eigenvalue weighted by Crippen LogP contribution is 2.31. The summed E-state index contributed by atoms with van der Waals surface area (Å²) in [4.78, 5) is 0. The van der Waals surface area contributed by atoms with Crippen molar-refractivity contribution in [2.24, 2.45) is 0 Å². The van der Waals surface area contributed by atoms with Gasteiger partial charge in [0.05, 0.1) is 11.7 Å². The molecule has 1 heterocycles. The van der Waals surface area contributed by atoms with Crippen molar-refractivity contribution in [1.29, 1.82) is 0 Å². The lowest BCUT2D eigenvalue weighted by atomic mass is 9.88. The maximum Gasteiger partial charge on any atom is 0.160 e. The second-order valence-corrected chi connectivity index (χ2v) is 3.67. The van der Waals surface area contributed by atoms with Crippen LogP contribution >= 0.6 is 0 Å². The van der Waals surface area contributed by atoms with E-state index in [0.29, 0.717) is 6.42 Å². The van der Waals surface area contributed by atoms with Gasteiger partial charge in [-0.15, -0.1) is 0 Å². The summed E-state index contributed by atoms with van der Waals surface area (Å²) in [6.07, 6.45) is -0.609. The third kappa shape index (κ3) is 2.02. The summed E-state index contributed by atoms with van der Waals surface area (Å²) in [5.41, 5.74) is -0.571. The molecule has 0 saturated carbocycles. The van der Waals surface area contributed by atoms with E-state index in [1.54, 1.807) is 14.2 Å². The van der Waals surface area contributed by atoms with Crippen molar-refractivity contribution in [3.8, 4) is 0 Å². The van der Waals surface area contributed by atoms with E-state index in [9.17, 15) is 5.11 Å². The van der Waals surface area contributed by atoms with Crippen LogP contribution in [0.2, 0.25) is 0 Å². The van der Waals surface area contributed by atoms with E-state index in [1.165, 1.54) is 0 Å². The highest BCUT2D eigenvalue weighted by molar-refractivity contribution is 4.92. The Morgan fingerprint density at radius 3 is 2.54 bits per heavy atom. The van der Waals surface area contributed by atoms with Gasteiger partial charge in [-0.3, -0.25) is 0 Å². The lowest BCUT2D eigenvalue weighted by Gasteiger charge is -2.43. The van der Waals surface area contributed by atoms with Gasteiger partial charge in [-0.2, -0.15) is 0 Å². The van der Waals surface area contributed by atoms with E-state index < -0.39 is 11.7 Å². The Balaban J connectivity index is 2.71. The standard InChI is InChI=1S/C9H18O4/c1-6-8(10)9(2,12-4)5-7(11-3)13-6/h6-8,10H,5H2,1-4H3/t6-,7?,8-,9-/m0/s1. The number of rotatable bonds is 2. The fraction of sp³-hybridized carbons (Fsp3) is 1.00. The van der Waals surface area contributed by atoms with Crippen molar-refractivity contribution < 1.29 is 19.3 Å². The number of aliphatic hydroxyl groups excluding tert-OH is 1. The van der Waals surface area contributed by atoms with Gasteiger partial charge in [0.1, 0.15) is 6.10 Å². The van der Waals surface area contributed by atoms with Crippen LogP contribution in [0.4, 0.5) is 0 Å². The Labute approximate surface area is 78.8 Å². The Morgan fingerprint density at radius 2 is 2.08 bits per heavy atom. The maximum absolute atomic E-state index is 9.80. The Kier molecular flexibility index (Phi) is 3.29. The summed E-state index contributed by atoms with van der Waals surface area (Å²) in [6.45, 7) is 3.68. The highest BCUT2D eigenvalue weighted by atomic mass is 16.7. The molecule has 4 heteroatoms. The quantitative estimate of drug-likeness (QED) is 0.690. The Morgan fingerprint density at radius 1 is 1.46 bits per heavy atom. The van der Waals surface area contributed by atoms with Gasteiger partial charge in [0, 0.05) is 20.6 Å². The largest absolute Gasteiger partial charge is 0.387 e. The first-order valence-electron chi connectivity index (χ1n) is 4.45. The molecule has 1 aliphatic heterocycles. The molecular weight excluding hydrogens is 172 g/mol. The molecule has 1 aliphatic rings. The molecular formula is C9H18O4. The van der Waals surface area contributed by atoms with E-state index >= 15 is 0 Å². The predicted octanol–water partition coefficient (Wildman–Crippen LogP) is 0.534. The molecule has 13 heavy (non-hydrogen) atoms. The number of hydrogen-bond acceptors (Lipinski definition) is 4. The molecule has 0 radical (unpaired) electrons. The second-order valence-electron chi connectivity index (χ2n) is 3.67. The first kappa shape index (κ1) is 10.9. The molecule has 1 fully saturated rings. The first-order chi connectivity index (χ1) is 6.03. The minimum atomic E-state index is -0.608. The summed E-state index contributed by atoms with van der Waals surface area (Å²) in [7, 11) is 3.18. The molecule has 1 saturated heterocycles. The van der Waals surface area contributed by atoms with E-state index in [1.807, 2.05) is 13.8 Å². The smallest absolute Gasteiger partial charge is 0.160 e. The van der Waals surface area contributed by atoms with Crippen LogP contribution in [0.15, 0.2) is 0 Å². The zero-order valence-corrected chi connectivity index (χ0v) is 8.61. The van der Waals surface area contributed by atoms with Gasteiger partial charge < -0.3 is 19.3 Å². The predicted molar refractivity (Wildman–Crippen MR) is 47.4 cm³/mol. The van der Waals surface area contributed by atoms with Crippen LogP contribution in [0, 0.1) is 0 Å². The van der Waals surface area contributed by atoms with Gasteiger partial charge in [0.2, 0.25) is 0 Å². The van der Waals surface area contributed by atoms with Crippen LogP contribution in [0.5, 0.6) is 0 Å². The van der Waals surface area contributed by atoms with E-state index in [-0.39, 0.29) is 12.4 Å². The fourth-order valence-electron chi connectivity index (χ4n) is 1.65. The number of methoxy groups -OCH3 is 2. The van der Waals surface area contributed by atoms with Gasteiger partial charge in [0.15, 0.2) is 6.29 Å². The molecule has 4 nitrogen and oxygen atoms in total. The van der Waals surface area contributed by atoms with Crippen molar-refractivity contribution in [3.05, 3.63) is 0 Å². The molecule has 0 spiro atoms. The van der Waals surface area contributed by atoms with Gasteiger partial charge in [0.25, 0.3) is 0 Å². The van der Waals surface area contributed by atoms with Crippen molar-refractivity contribution in [2.75, 3.05) is 14.2 Å². The van der Waals surface area contributed by atoms with Crippen molar-refractivity contribution >= 4 is 0 Å². The van der Waals surface area contributed by atoms with Gasteiger partial charge in [-0.25, -0.2) is 0 Å². The van der Waals surface area contributed by atoms with Crippen LogP contribution < -0.4 is 0 Å². The summed E-state index contributed by atoms with van der Waals surface area (Å²) in [6, 6.07) is 0. The van der Waals surface area contributed by atoms with Gasteiger partial charge >= 0.3 is 0 Å². The van der Waals surface area contributed by atoms with Gasteiger partial charge in [-0.1, -0.05) is 0 Å². The second kappa shape index (κ2) is 3.92.